The maximum atomic E-state index is 11.9. The summed E-state index contributed by atoms with van der Waals surface area (Å²) in [5.74, 6) is -2.28. The van der Waals surface area contributed by atoms with E-state index in [0.29, 0.717) is 0 Å². The van der Waals surface area contributed by atoms with Crippen molar-refractivity contribution in [3.63, 3.8) is 0 Å². The van der Waals surface area contributed by atoms with Gasteiger partial charge in [-0.3, -0.25) is 14.7 Å². The first-order chi connectivity index (χ1) is 13.4. The summed E-state index contributed by atoms with van der Waals surface area (Å²) in [4.78, 5) is 49.8. The molecule has 1 aromatic heterocycles. The Morgan fingerprint density at radius 2 is 1.89 bits per heavy atom. The van der Waals surface area contributed by atoms with Crippen molar-refractivity contribution in [1.82, 2.24) is 14.9 Å². The van der Waals surface area contributed by atoms with Crippen LogP contribution in [-0.4, -0.2) is 50.4 Å². The number of aliphatic hydroxyl groups is 1. The molecule has 1 heterocycles. The fourth-order valence-electron chi connectivity index (χ4n) is 2.06. The van der Waals surface area contributed by atoms with E-state index in [4.69, 9.17) is 14.9 Å². The lowest BCUT2D eigenvalue weighted by Crippen LogP contribution is -2.45. The van der Waals surface area contributed by atoms with Crippen LogP contribution in [0.1, 0.15) is 5.56 Å². The van der Waals surface area contributed by atoms with Crippen LogP contribution in [0.3, 0.4) is 0 Å². The SMILES string of the molecule is O=C(Cn1ccc(NC(=O)OCc2ccccc2)nc1=O)N[C@@H](CO)C(=O)O. The smallest absolute Gasteiger partial charge is 0.413 e. The van der Waals surface area contributed by atoms with Gasteiger partial charge in [0.25, 0.3) is 0 Å². The number of amides is 2. The van der Waals surface area contributed by atoms with Crippen LogP contribution in [0, 0.1) is 0 Å². The van der Waals surface area contributed by atoms with Crippen LogP contribution in [0.4, 0.5) is 10.6 Å². The Morgan fingerprint density at radius 3 is 2.50 bits per heavy atom. The Balaban J connectivity index is 1.90. The number of carboxylic acid groups (broad SMARTS) is 1. The number of anilines is 1. The van der Waals surface area contributed by atoms with Crippen LogP contribution in [-0.2, 0) is 27.5 Å². The van der Waals surface area contributed by atoms with Gasteiger partial charge in [0.2, 0.25) is 5.91 Å². The van der Waals surface area contributed by atoms with Gasteiger partial charge in [-0.1, -0.05) is 30.3 Å². The molecule has 0 fully saturated rings. The van der Waals surface area contributed by atoms with E-state index in [1.54, 1.807) is 24.3 Å². The molecule has 11 heteroatoms. The van der Waals surface area contributed by atoms with Crippen molar-refractivity contribution in [3.05, 3.63) is 58.6 Å². The lowest BCUT2D eigenvalue weighted by molar-refractivity contribution is -0.143. The minimum absolute atomic E-state index is 0.0412. The number of carbonyl (C=O) groups excluding carboxylic acids is 2. The van der Waals surface area contributed by atoms with Gasteiger partial charge in [-0.2, -0.15) is 4.98 Å². The van der Waals surface area contributed by atoms with Gasteiger partial charge in [0.05, 0.1) is 6.61 Å². The minimum atomic E-state index is -1.48. The summed E-state index contributed by atoms with van der Waals surface area (Å²) in [6.07, 6.45) is 0.398. The van der Waals surface area contributed by atoms with Gasteiger partial charge >= 0.3 is 17.8 Å². The fraction of sp³-hybridized carbons (Fsp3) is 0.235. The molecule has 0 saturated carbocycles. The Labute approximate surface area is 158 Å². The van der Waals surface area contributed by atoms with Crippen LogP contribution in [0.15, 0.2) is 47.4 Å². The molecule has 0 bridgehead atoms. The summed E-state index contributed by atoms with van der Waals surface area (Å²) in [7, 11) is 0. The number of ether oxygens (including phenoxy) is 1. The van der Waals surface area contributed by atoms with Crippen molar-refractivity contribution in [2.24, 2.45) is 0 Å². The average Bonchev–Trinajstić information content (AvgIpc) is 2.67. The van der Waals surface area contributed by atoms with Crippen molar-refractivity contribution in [3.8, 4) is 0 Å². The van der Waals surface area contributed by atoms with E-state index in [1.165, 1.54) is 12.3 Å². The minimum Gasteiger partial charge on any atom is -0.480 e. The zero-order chi connectivity index (χ0) is 20.5. The van der Waals surface area contributed by atoms with E-state index in [1.807, 2.05) is 6.07 Å². The first-order valence-electron chi connectivity index (χ1n) is 8.07. The summed E-state index contributed by atoms with van der Waals surface area (Å²) in [5, 5.41) is 22.0. The van der Waals surface area contributed by atoms with Gasteiger partial charge in [0.1, 0.15) is 25.0 Å². The Kier molecular flexibility index (Phi) is 7.22. The molecule has 0 spiro atoms. The summed E-state index contributed by atoms with van der Waals surface area (Å²) >= 11 is 0. The van der Waals surface area contributed by atoms with Gasteiger partial charge in [-0.15, -0.1) is 0 Å². The number of aliphatic carboxylic acids is 1. The molecule has 148 valence electrons. The average molecular weight is 390 g/mol. The summed E-state index contributed by atoms with van der Waals surface area (Å²) in [6, 6.07) is 8.79. The molecule has 11 nitrogen and oxygen atoms in total. The predicted octanol–water partition coefficient (Wildman–Crippen LogP) is -0.446. The number of aliphatic hydroxyl groups excluding tert-OH is 1. The summed E-state index contributed by atoms with van der Waals surface area (Å²) < 4.78 is 5.91. The number of hydrogen-bond acceptors (Lipinski definition) is 7. The van der Waals surface area contributed by atoms with Gasteiger partial charge < -0.3 is 20.3 Å². The third-order valence-electron chi connectivity index (χ3n) is 3.45. The Hall–Kier alpha value is -3.73. The van der Waals surface area contributed by atoms with Crippen LogP contribution < -0.4 is 16.3 Å². The van der Waals surface area contributed by atoms with E-state index < -0.39 is 42.9 Å². The monoisotopic (exact) mass is 390 g/mol. The van der Waals surface area contributed by atoms with Crippen LogP contribution >= 0.6 is 0 Å². The topological polar surface area (TPSA) is 160 Å². The van der Waals surface area contributed by atoms with E-state index in [-0.39, 0.29) is 12.4 Å². The first-order valence-corrected chi connectivity index (χ1v) is 8.07. The standard InChI is InChI=1S/C17H18N4O7/c22-9-12(15(24)25)18-14(23)8-21-7-6-13(19-16(21)26)20-17(27)28-10-11-4-2-1-3-5-11/h1-7,12,22H,8-10H2,(H,18,23)(H,24,25)(H,19,20,26,27)/t12-/m0/s1. The molecule has 0 aliphatic carbocycles. The highest BCUT2D eigenvalue weighted by atomic mass is 16.5. The lowest BCUT2D eigenvalue weighted by atomic mass is 10.2. The van der Waals surface area contributed by atoms with Gasteiger partial charge in [0, 0.05) is 6.20 Å². The number of carboxylic acids is 1. The zero-order valence-electron chi connectivity index (χ0n) is 14.6. The normalized spacial score (nSPS) is 11.3. The molecule has 0 radical (unpaired) electrons. The second kappa shape index (κ2) is 9.83. The van der Waals surface area contributed by atoms with Crippen molar-refractivity contribution < 1.29 is 29.3 Å². The molecule has 0 aliphatic rings. The molecule has 2 rings (SSSR count). The quantitative estimate of drug-likeness (QED) is 0.472. The molecule has 0 unspecified atom stereocenters. The maximum Gasteiger partial charge on any atom is 0.413 e. The van der Waals surface area contributed by atoms with Crippen molar-refractivity contribution in [1.29, 1.82) is 0 Å². The largest absolute Gasteiger partial charge is 0.480 e. The molecule has 2 aromatic rings. The highest BCUT2D eigenvalue weighted by Gasteiger charge is 2.19. The van der Waals surface area contributed by atoms with Gasteiger partial charge in [-0.05, 0) is 11.6 Å². The van der Waals surface area contributed by atoms with Crippen molar-refractivity contribution in [2.45, 2.75) is 19.2 Å². The molecule has 1 aromatic carbocycles. The van der Waals surface area contributed by atoms with E-state index in [9.17, 15) is 19.2 Å². The number of nitrogens with zero attached hydrogens (tertiary/aromatic N) is 2. The van der Waals surface area contributed by atoms with Crippen LogP contribution in [0.5, 0.6) is 0 Å². The second-order valence-electron chi connectivity index (χ2n) is 5.55. The molecule has 2 amide bonds. The Bertz CT molecular complexity index is 898. The molecule has 0 aliphatic heterocycles. The summed E-state index contributed by atoms with van der Waals surface area (Å²) in [6.45, 7) is -1.25. The van der Waals surface area contributed by atoms with Crippen molar-refractivity contribution in [2.75, 3.05) is 11.9 Å². The number of hydrogen-bond donors (Lipinski definition) is 4. The predicted molar refractivity (Wildman–Crippen MR) is 95.4 cm³/mol. The third kappa shape index (κ3) is 6.21. The van der Waals surface area contributed by atoms with Crippen LogP contribution in [0.25, 0.3) is 0 Å². The van der Waals surface area contributed by atoms with Gasteiger partial charge in [-0.25, -0.2) is 14.4 Å². The van der Waals surface area contributed by atoms with E-state index in [2.05, 4.69) is 15.6 Å². The highest BCUT2D eigenvalue weighted by Crippen LogP contribution is 2.03. The molecule has 0 saturated heterocycles. The second-order valence-corrected chi connectivity index (χ2v) is 5.55. The molecule has 28 heavy (non-hydrogen) atoms. The number of aromatic nitrogens is 2. The fourth-order valence-corrected chi connectivity index (χ4v) is 2.06. The summed E-state index contributed by atoms with van der Waals surface area (Å²) in [5.41, 5.74) is -0.0542. The first kappa shape index (κ1) is 20.6. The van der Waals surface area contributed by atoms with Crippen LogP contribution in [0.2, 0.25) is 0 Å². The maximum absolute atomic E-state index is 11.9. The molecule has 4 N–H and O–H groups in total. The van der Waals surface area contributed by atoms with E-state index >= 15 is 0 Å². The van der Waals surface area contributed by atoms with Gasteiger partial charge in [0.15, 0.2) is 0 Å². The number of rotatable bonds is 8. The zero-order valence-corrected chi connectivity index (χ0v) is 14.6. The Morgan fingerprint density at radius 1 is 1.18 bits per heavy atom. The number of nitrogens with one attached hydrogen (secondary N) is 2. The number of benzene rings is 1. The highest BCUT2D eigenvalue weighted by molar-refractivity contribution is 5.84. The lowest BCUT2D eigenvalue weighted by Gasteiger charge is -2.12. The van der Waals surface area contributed by atoms with E-state index in [0.717, 1.165) is 10.1 Å². The molecular weight excluding hydrogens is 372 g/mol. The number of carbonyl (C=O) groups is 3. The molecule has 1 atom stereocenters. The third-order valence-corrected chi connectivity index (χ3v) is 3.45. The molecular formula is C17H18N4O7. The van der Waals surface area contributed by atoms with Crippen molar-refractivity contribution >= 4 is 23.8 Å².